The molecule has 0 atom stereocenters. The molecule has 1 aromatic rings. The minimum atomic E-state index is -0.247. The lowest BCUT2D eigenvalue weighted by molar-refractivity contribution is 0.00201. The molecule has 1 rings (SSSR count). The van der Waals surface area contributed by atoms with Gasteiger partial charge >= 0.3 is 0 Å². The summed E-state index contributed by atoms with van der Waals surface area (Å²) in [6.45, 7) is 7.73. The van der Waals surface area contributed by atoms with Crippen LogP contribution < -0.4 is 0 Å². The highest BCUT2D eigenvalue weighted by Crippen LogP contribution is 2.09. The number of aromatic nitrogens is 2. The second-order valence-electron chi connectivity index (χ2n) is 3.66. The SMILES string of the molecule is Cc1nnsc1/C=N/OC(C)(C)C. The standard InChI is InChI=1S/C8H13N3OS/c1-6-7(13-11-10-6)5-9-12-8(2,3)4/h5H,1-4H3/b9-5+. The molecule has 5 heteroatoms. The van der Waals surface area contributed by atoms with Gasteiger partial charge in [-0.25, -0.2) is 0 Å². The maximum Gasteiger partial charge on any atom is 0.129 e. The maximum atomic E-state index is 5.18. The molecule has 4 nitrogen and oxygen atoms in total. The Morgan fingerprint density at radius 1 is 1.46 bits per heavy atom. The summed E-state index contributed by atoms with van der Waals surface area (Å²) < 4.78 is 3.78. The zero-order valence-corrected chi connectivity index (χ0v) is 9.05. The molecule has 0 aliphatic carbocycles. The summed E-state index contributed by atoms with van der Waals surface area (Å²) in [7, 11) is 0. The monoisotopic (exact) mass is 199 g/mol. The number of aryl methyl sites for hydroxylation is 1. The smallest absolute Gasteiger partial charge is 0.129 e. The van der Waals surface area contributed by atoms with Gasteiger partial charge in [0, 0.05) is 0 Å². The second-order valence-corrected chi connectivity index (χ2v) is 4.45. The van der Waals surface area contributed by atoms with Gasteiger partial charge in [-0.15, -0.1) is 5.10 Å². The highest BCUT2D eigenvalue weighted by Gasteiger charge is 2.09. The molecular weight excluding hydrogens is 186 g/mol. The summed E-state index contributed by atoms with van der Waals surface area (Å²) in [5.74, 6) is 0. The summed E-state index contributed by atoms with van der Waals surface area (Å²) in [5.41, 5.74) is 0.633. The minimum absolute atomic E-state index is 0.247. The fraction of sp³-hybridized carbons (Fsp3) is 0.625. The van der Waals surface area contributed by atoms with E-state index in [1.807, 2.05) is 27.7 Å². The Labute approximate surface area is 81.8 Å². The molecule has 0 N–H and O–H groups in total. The van der Waals surface area contributed by atoms with E-state index in [2.05, 4.69) is 14.7 Å². The first-order chi connectivity index (χ1) is 5.99. The van der Waals surface area contributed by atoms with Crippen LogP contribution in [0.15, 0.2) is 5.16 Å². The van der Waals surface area contributed by atoms with Crippen molar-refractivity contribution in [2.45, 2.75) is 33.3 Å². The van der Waals surface area contributed by atoms with E-state index >= 15 is 0 Å². The van der Waals surface area contributed by atoms with E-state index in [1.165, 1.54) is 11.5 Å². The first-order valence-electron chi connectivity index (χ1n) is 3.99. The third-order valence-corrected chi connectivity index (χ3v) is 1.94. The zero-order valence-electron chi connectivity index (χ0n) is 8.24. The Balaban J connectivity index is 2.55. The lowest BCUT2D eigenvalue weighted by atomic mass is 10.2. The first kappa shape index (κ1) is 10.1. The molecule has 0 aromatic carbocycles. The average Bonchev–Trinajstić information content (AvgIpc) is 2.34. The molecule has 1 heterocycles. The molecule has 0 unspecified atom stereocenters. The van der Waals surface area contributed by atoms with E-state index in [4.69, 9.17) is 4.84 Å². The largest absolute Gasteiger partial charge is 0.390 e. The van der Waals surface area contributed by atoms with Gasteiger partial charge in [0.25, 0.3) is 0 Å². The van der Waals surface area contributed by atoms with Gasteiger partial charge in [0.1, 0.15) is 5.60 Å². The van der Waals surface area contributed by atoms with Gasteiger partial charge in [-0.05, 0) is 39.2 Å². The normalized spacial score (nSPS) is 12.3. The van der Waals surface area contributed by atoms with Gasteiger partial charge in [0.15, 0.2) is 0 Å². The predicted molar refractivity (Wildman–Crippen MR) is 53.1 cm³/mol. The summed E-state index contributed by atoms with van der Waals surface area (Å²) in [5, 5.41) is 7.70. The second kappa shape index (κ2) is 3.83. The van der Waals surface area contributed by atoms with Crippen molar-refractivity contribution in [1.82, 2.24) is 9.59 Å². The number of oxime groups is 1. The van der Waals surface area contributed by atoms with Crippen molar-refractivity contribution in [3.63, 3.8) is 0 Å². The number of hydrogen-bond donors (Lipinski definition) is 0. The minimum Gasteiger partial charge on any atom is -0.390 e. The fourth-order valence-corrected chi connectivity index (χ4v) is 1.10. The molecule has 0 saturated heterocycles. The van der Waals surface area contributed by atoms with E-state index in [0.717, 1.165) is 10.6 Å². The highest BCUT2D eigenvalue weighted by molar-refractivity contribution is 7.07. The first-order valence-corrected chi connectivity index (χ1v) is 4.77. The number of nitrogens with zero attached hydrogens (tertiary/aromatic N) is 3. The third-order valence-electron chi connectivity index (χ3n) is 1.18. The van der Waals surface area contributed by atoms with E-state index in [-0.39, 0.29) is 5.60 Å². The number of rotatable bonds is 2. The van der Waals surface area contributed by atoms with Crippen molar-refractivity contribution in [3.05, 3.63) is 10.6 Å². The molecule has 13 heavy (non-hydrogen) atoms. The van der Waals surface area contributed by atoms with E-state index in [9.17, 15) is 0 Å². The highest BCUT2D eigenvalue weighted by atomic mass is 32.1. The Kier molecular flexibility index (Phi) is 2.98. The molecule has 0 amide bonds. The molecule has 0 aliphatic heterocycles. The summed E-state index contributed by atoms with van der Waals surface area (Å²) in [6.07, 6.45) is 1.64. The summed E-state index contributed by atoms with van der Waals surface area (Å²) in [6, 6.07) is 0. The molecule has 0 radical (unpaired) electrons. The predicted octanol–water partition coefficient (Wildman–Crippen LogP) is 2.00. The van der Waals surface area contributed by atoms with Gasteiger partial charge in [0.2, 0.25) is 0 Å². The van der Waals surface area contributed by atoms with Gasteiger partial charge in [-0.2, -0.15) is 0 Å². The van der Waals surface area contributed by atoms with Gasteiger partial charge < -0.3 is 4.84 Å². The van der Waals surface area contributed by atoms with Gasteiger partial charge in [-0.3, -0.25) is 0 Å². The lowest BCUT2D eigenvalue weighted by Gasteiger charge is -2.14. The summed E-state index contributed by atoms with van der Waals surface area (Å²) >= 11 is 1.31. The van der Waals surface area contributed by atoms with Gasteiger partial charge in [0.05, 0.1) is 16.8 Å². The molecule has 0 saturated carbocycles. The molecule has 0 fully saturated rings. The van der Waals surface area contributed by atoms with Crippen LogP contribution in [0.2, 0.25) is 0 Å². The summed E-state index contributed by atoms with van der Waals surface area (Å²) in [4.78, 5) is 6.11. The molecule has 72 valence electrons. The van der Waals surface area contributed by atoms with Crippen LogP contribution in [0.25, 0.3) is 0 Å². The van der Waals surface area contributed by atoms with Crippen LogP contribution in [-0.4, -0.2) is 21.4 Å². The number of hydrogen-bond acceptors (Lipinski definition) is 5. The van der Waals surface area contributed by atoms with Crippen LogP contribution in [-0.2, 0) is 4.84 Å². The van der Waals surface area contributed by atoms with Crippen molar-refractivity contribution in [2.75, 3.05) is 0 Å². The van der Waals surface area contributed by atoms with Crippen molar-refractivity contribution < 1.29 is 4.84 Å². The Bertz CT molecular complexity index is 301. The van der Waals surface area contributed by atoms with Crippen LogP contribution in [0.4, 0.5) is 0 Å². The van der Waals surface area contributed by atoms with Crippen LogP contribution >= 0.6 is 11.5 Å². The zero-order chi connectivity index (χ0) is 9.90. The lowest BCUT2D eigenvalue weighted by Crippen LogP contribution is -2.15. The Morgan fingerprint density at radius 3 is 2.62 bits per heavy atom. The van der Waals surface area contributed by atoms with Crippen molar-refractivity contribution in [2.24, 2.45) is 5.16 Å². The van der Waals surface area contributed by atoms with Crippen molar-refractivity contribution in [1.29, 1.82) is 0 Å². The Hall–Kier alpha value is -0.970. The molecule has 0 spiro atoms. The molecule has 1 aromatic heterocycles. The molecular formula is C8H13N3OS. The fourth-order valence-electron chi connectivity index (χ4n) is 0.590. The van der Waals surface area contributed by atoms with Crippen LogP contribution in [0.3, 0.4) is 0 Å². The quantitative estimate of drug-likeness (QED) is 0.540. The van der Waals surface area contributed by atoms with Crippen LogP contribution in [0.1, 0.15) is 31.3 Å². The molecule has 0 aliphatic rings. The molecule has 0 bridgehead atoms. The maximum absolute atomic E-state index is 5.18. The van der Waals surface area contributed by atoms with E-state index in [1.54, 1.807) is 6.21 Å². The topological polar surface area (TPSA) is 47.4 Å². The average molecular weight is 199 g/mol. The van der Waals surface area contributed by atoms with Gasteiger partial charge in [-0.1, -0.05) is 9.64 Å². The van der Waals surface area contributed by atoms with E-state index in [0.29, 0.717) is 0 Å². The Morgan fingerprint density at radius 2 is 2.15 bits per heavy atom. The van der Waals surface area contributed by atoms with Crippen molar-refractivity contribution >= 4 is 17.7 Å². The van der Waals surface area contributed by atoms with Crippen LogP contribution in [0, 0.1) is 6.92 Å². The van der Waals surface area contributed by atoms with E-state index < -0.39 is 0 Å². The van der Waals surface area contributed by atoms with Crippen molar-refractivity contribution in [3.8, 4) is 0 Å². The van der Waals surface area contributed by atoms with Crippen LogP contribution in [0.5, 0.6) is 0 Å². The third kappa shape index (κ3) is 3.50.